The molecule has 0 saturated heterocycles. The molecular formula is C24H22IN7O. The zero-order chi connectivity index (χ0) is 22.8. The summed E-state index contributed by atoms with van der Waals surface area (Å²) in [5.41, 5.74) is 2.67. The molecule has 0 aliphatic heterocycles. The average molecular weight is 551 g/mol. The largest absolute Gasteiger partial charge is 0.492 e. The number of likely N-dealkylation sites (N-methyl/N-ethyl adjacent to an activating group) is 1. The third-order valence-corrected chi connectivity index (χ3v) is 6.19. The molecule has 5 aromatic rings. The molecule has 2 N–H and O–H groups in total. The van der Waals surface area contributed by atoms with Gasteiger partial charge in [0.1, 0.15) is 24.5 Å². The third kappa shape index (κ3) is 4.46. The molecule has 0 spiro atoms. The van der Waals surface area contributed by atoms with Crippen molar-refractivity contribution in [3.8, 4) is 17.1 Å². The Bertz CT molecular complexity index is 1420. The molecule has 5 rings (SSSR count). The normalized spacial score (nSPS) is 11.4. The molecule has 3 heterocycles. The number of ether oxygens (including phenoxy) is 1. The number of fused-ring (bicyclic) bond motifs is 3. The number of nitrogens with one attached hydrogen (secondary N) is 2. The van der Waals surface area contributed by atoms with Crippen LogP contribution >= 0.6 is 22.6 Å². The number of benzene rings is 2. The molecule has 8 nitrogen and oxygen atoms in total. The quantitative estimate of drug-likeness (QED) is 0.221. The van der Waals surface area contributed by atoms with Crippen molar-refractivity contribution >= 4 is 55.8 Å². The number of aromatic amines is 1. The molecule has 0 atom stereocenters. The summed E-state index contributed by atoms with van der Waals surface area (Å²) >= 11 is 2.32. The van der Waals surface area contributed by atoms with Gasteiger partial charge in [-0.3, -0.25) is 10.1 Å². The molecule has 0 bridgehead atoms. The molecule has 33 heavy (non-hydrogen) atoms. The SMILES string of the molecule is CN(C)CCOc1ccc(Nc2nc3c(-c4ncn[nH]4)cccc3c3cnccc23)c(I)c1. The molecule has 0 saturated carbocycles. The minimum absolute atomic E-state index is 0.643. The van der Waals surface area contributed by atoms with E-state index in [1.807, 2.05) is 56.7 Å². The molecule has 2 aromatic carbocycles. The highest BCUT2D eigenvalue weighted by Gasteiger charge is 2.15. The number of nitrogens with zero attached hydrogens (tertiary/aromatic N) is 5. The number of aromatic nitrogens is 5. The highest BCUT2D eigenvalue weighted by Crippen LogP contribution is 2.35. The van der Waals surface area contributed by atoms with Crippen LogP contribution in [0.2, 0.25) is 0 Å². The predicted molar refractivity (Wildman–Crippen MR) is 139 cm³/mol. The summed E-state index contributed by atoms with van der Waals surface area (Å²) in [5.74, 6) is 2.28. The van der Waals surface area contributed by atoms with Crippen LogP contribution in [0.15, 0.2) is 61.2 Å². The topological polar surface area (TPSA) is 91.9 Å². The van der Waals surface area contributed by atoms with E-state index in [1.165, 1.54) is 6.33 Å². The highest BCUT2D eigenvalue weighted by molar-refractivity contribution is 14.1. The van der Waals surface area contributed by atoms with E-state index in [0.29, 0.717) is 12.4 Å². The second-order valence-corrected chi connectivity index (χ2v) is 9.00. The maximum atomic E-state index is 5.87. The zero-order valence-electron chi connectivity index (χ0n) is 18.2. The fourth-order valence-corrected chi connectivity index (χ4v) is 4.27. The van der Waals surface area contributed by atoms with Crippen LogP contribution < -0.4 is 10.1 Å². The van der Waals surface area contributed by atoms with Gasteiger partial charge in [0, 0.05) is 44.2 Å². The van der Waals surface area contributed by atoms with Crippen molar-refractivity contribution in [3.05, 3.63) is 64.8 Å². The van der Waals surface area contributed by atoms with Gasteiger partial charge < -0.3 is 15.0 Å². The Balaban J connectivity index is 1.56. The van der Waals surface area contributed by atoms with Gasteiger partial charge in [0.25, 0.3) is 0 Å². The molecule has 9 heteroatoms. The summed E-state index contributed by atoms with van der Waals surface area (Å²) in [5, 5.41) is 13.5. The van der Waals surface area contributed by atoms with Gasteiger partial charge in [-0.15, -0.1) is 0 Å². The summed E-state index contributed by atoms with van der Waals surface area (Å²) in [6, 6.07) is 14.1. The molecule has 0 aliphatic carbocycles. The van der Waals surface area contributed by atoms with Crippen molar-refractivity contribution in [3.63, 3.8) is 0 Å². The number of rotatable bonds is 7. The number of hydrogen-bond donors (Lipinski definition) is 2. The van der Waals surface area contributed by atoms with E-state index in [-0.39, 0.29) is 0 Å². The molecule has 0 unspecified atom stereocenters. The van der Waals surface area contributed by atoms with Crippen molar-refractivity contribution in [2.45, 2.75) is 0 Å². The van der Waals surface area contributed by atoms with Gasteiger partial charge >= 0.3 is 0 Å². The standard InChI is InChI=1S/C24H22IN7O/c1-32(2)10-11-33-15-6-7-21(20(25)12-15)29-24-17-8-9-26-13-19(17)16-4-3-5-18(22(16)30-24)23-27-14-28-31-23/h3-9,12-14H,10-11H2,1-2H3,(H,29,30)(H,27,28,31). The maximum absolute atomic E-state index is 5.87. The van der Waals surface area contributed by atoms with Crippen molar-refractivity contribution < 1.29 is 4.74 Å². The van der Waals surface area contributed by atoms with E-state index in [0.717, 1.165) is 54.6 Å². The van der Waals surface area contributed by atoms with Crippen LogP contribution in [0.4, 0.5) is 11.5 Å². The van der Waals surface area contributed by atoms with E-state index >= 15 is 0 Å². The Morgan fingerprint density at radius 2 is 2.00 bits per heavy atom. The summed E-state index contributed by atoms with van der Waals surface area (Å²) in [7, 11) is 4.06. The first-order valence-electron chi connectivity index (χ1n) is 10.5. The van der Waals surface area contributed by atoms with Gasteiger partial charge in [-0.25, -0.2) is 9.97 Å². The molecular weight excluding hydrogens is 529 g/mol. The summed E-state index contributed by atoms with van der Waals surface area (Å²) < 4.78 is 6.92. The smallest absolute Gasteiger partial charge is 0.157 e. The number of hydrogen-bond acceptors (Lipinski definition) is 7. The van der Waals surface area contributed by atoms with E-state index < -0.39 is 0 Å². The predicted octanol–water partition coefficient (Wildman–Crippen LogP) is 4.86. The lowest BCUT2D eigenvalue weighted by Crippen LogP contribution is -2.19. The van der Waals surface area contributed by atoms with E-state index in [1.54, 1.807) is 6.20 Å². The van der Waals surface area contributed by atoms with Crippen LogP contribution in [0.1, 0.15) is 0 Å². The number of halogens is 1. The molecule has 0 radical (unpaired) electrons. The monoisotopic (exact) mass is 551 g/mol. The fourth-order valence-electron chi connectivity index (χ4n) is 3.65. The summed E-state index contributed by atoms with van der Waals surface area (Å²) in [6.45, 7) is 1.51. The van der Waals surface area contributed by atoms with Gasteiger partial charge in [-0.05, 0) is 67.0 Å². The Labute approximate surface area is 204 Å². The van der Waals surface area contributed by atoms with Gasteiger partial charge in [-0.2, -0.15) is 5.10 Å². The minimum atomic E-state index is 0.643. The Morgan fingerprint density at radius 1 is 1.09 bits per heavy atom. The number of anilines is 2. The Kier molecular flexibility index (Phi) is 6.05. The van der Waals surface area contributed by atoms with Crippen LogP contribution in [0.25, 0.3) is 33.1 Å². The lowest BCUT2D eigenvalue weighted by Gasteiger charge is -2.15. The van der Waals surface area contributed by atoms with Crippen LogP contribution in [0.5, 0.6) is 5.75 Å². The minimum Gasteiger partial charge on any atom is -0.492 e. The van der Waals surface area contributed by atoms with Crippen molar-refractivity contribution in [2.75, 3.05) is 32.6 Å². The van der Waals surface area contributed by atoms with Gasteiger partial charge in [0.2, 0.25) is 0 Å². The second kappa shape index (κ2) is 9.28. The van der Waals surface area contributed by atoms with Crippen LogP contribution in [0, 0.1) is 3.57 Å². The molecule has 3 aromatic heterocycles. The average Bonchev–Trinajstić information content (AvgIpc) is 3.35. The van der Waals surface area contributed by atoms with E-state index in [9.17, 15) is 0 Å². The van der Waals surface area contributed by atoms with Gasteiger partial charge in [0.15, 0.2) is 5.82 Å². The molecule has 166 valence electrons. The van der Waals surface area contributed by atoms with Crippen LogP contribution in [0.3, 0.4) is 0 Å². The van der Waals surface area contributed by atoms with Crippen molar-refractivity contribution in [2.24, 2.45) is 0 Å². The third-order valence-electron chi connectivity index (χ3n) is 5.30. The van der Waals surface area contributed by atoms with E-state index in [2.05, 4.69) is 59.0 Å². The highest BCUT2D eigenvalue weighted by atomic mass is 127. The summed E-state index contributed by atoms with van der Waals surface area (Å²) in [4.78, 5) is 15.8. The maximum Gasteiger partial charge on any atom is 0.157 e. The zero-order valence-corrected chi connectivity index (χ0v) is 20.4. The lowest BCUT2D eigenvalue weighted by molar-refractivity contribution is 0.261. The molecule has 0 amide bonds. The second-order valence-electron chi connectivity index (χ2n) is 7.84. The first-order chi connectivity index (χ1) is 16.1. The Morgan fingerprint density at radius 3 is 2.79 bits per heavy atom. The number of H-pyrrole nitrogens is 1. The van der Waals surface area contributed by atoms with Crippen LogP contribution in [-0.4, -0.2) is 57.3 Å². The number of pyridine rings is 2. The van der Waals surface area contributed by atoms with Crippen molar-refractivity contribution in [1.29, 1.82) is 0 Å². The lowest BCUT2D eigenvalue weighted by atomic mass is 10.0. The number of para-hydroxylation sites is 1. The Hall–Kier alpha value is -3.31. The van der Waals surface area contributed by atoms with Gasteiger partial charge in [-0.1, -0.05) is 12.1 Å². The first-order valence-corrected chi connectivity index (χ1v) is 11.5. The van der Waals surface area contributed by atoms with Gasteiger partial charge in [0.05, 0.1) is 11.2 Å². The molecule has 0 aliphatic rings. The first kappa shape index (κ1) is 21.5. The fraction of sp³-hybridized carbons (Fsp3) is 0.167. The summed E-state index contributed by atoms with van der Waals surface area (Å²) in [6.07, 6.45) is 5.16. The van der Waals surface area contributed by atoms with Crippen molar-refractivity contribution in [1.82, 2.24) is 30.0 Å². The van der Waals surface area contributed by atoms with Crippen LogP contribution in [-0.2, 0) is 0 Å². The van der Waals surface area contributed by atoms with E-state index in [4.69, 9.17) is 9.72 Å². The molecule has 0 fully saturated rings.